The molecule has 0 saturated heterocycles. The number of hydrogen-bond acceptors (Lipinski definition) is 3. The summed E-state index contributed by atoms with van der Waals surface area (Å²) >= 11 is 2.04. The Kier molecular flexibility index (Phi) is 4.34. The van der Waals surface area contributed by atoms with Gasteiger partial charge in [0.25, 0.3) is 0 Å². The zero-order valence-corrected chi connectivity index (χ0v) is 12.6. The van der Waals surface area contributed by atoms with Crippen LogP contribution in [-0.4, -0.2) is 24.1 Å². The first kappa shape index (κ1) is 13.3. The highest BCUT2D eigenvalue weighted by atomic mass is 32.2. The summed E-state index contributed by atoms with van der Waals surface area (Å²) in [7, 11) is 0. The van der Waals surface area contributed by atoms with Crippen LogP contribution in [0.1, 0.15) is 36.8 Å². The number of thioether (sulfide) groups is 1. The summed E-state index contributed by atoms with van der Waals surface area (Å²) in [5, 5.41) is 8.15. The van der Waals surface area contributed by atoms with E-state index in [2.05, 4.69) is 35.1 Å². The van der Waals surface area contributed by atoms with Crippen LogP contribution in [-0.2, 0) is 13.0 Å². The summed E-state index contributed by atoms with van der Waals surface area (Å²) in [6, 6.07) is 7.42. The molecule has 3 rings (SSSR count). The van der Waals surface area contributed by atoms with Crippen LogP contribution >= 0.6 is 11.8 Å². The van der Waals surface area contributed by atoms with Crippen LogP contribution in [0.5, 0.6) is 0 Å². The molecule has 104 valence electrons. The predicted octanol–water partition coefficient (Wildman–Crippen LogP) is 3.42. The summed E-state index contributed by atoms with van der Waals surface area (Å²) < 4.78 is 0. The lowest BCUT2D eigenvalue weighted by Gasteiger charge is -2.31. The molecule has 2 atom stereocenters. The second kappa shape index (κ2) is 6.19. The Hall–Kier alpha value is -0.670. The molecule has 0 radical (unpaired) electrons. The van der Waals surface area contributed by atoms with E-state index < -0.39 is 0 Å². The number of nitrogens with one attached hydrogen (secondary N) is 2. The first-order valence-electron chi connectivity index (χ1n) is 7.49. The fourth-order valence-corrected chi connectivity index (χ4v) is 4.37. The lowest BCUT2D eigenvalue weighted by molar-refractivity contribution is 0.383. The maximum atomic E-state index is 3.81. The van der Waals surface area contributed by atoms with Gasteiger partial charge in [-0.3, -0.25) is 0 Å². The minimum atomic E-state index is 0.695. The van der Waals surface area contributed by atoms with E-state index in [4.69, 9.17) is 0 Å². The molecule has 3 heteroatoms. The SMILES string of the molecule is CSC1CCCCC1NCc1cccc2c1NCC2. The summed E-state index contributed by atoms with van der Waals surface area (Å²) in [4.78, 5) is 0. The molecule has 0 amide bonds. The van der Waals surface area contributed by atoms with Crippen molar-refractivity contribution < 1.29 is 0 Å². The van der Waals surface area contributed by atoms with E-state index >= 15 is 0 Å². The van der Waals surface area contributed by atoms with Gasteiger partial charge in [-0.15, -0.1) is 0 Å². The fourth-order valence-electron chi connectivity index (χ4n) is 3.41. The van der Waals surface area contributed by atoms with E-state index in [-0.39, 0.29) is 0 Å². The van der Waals surface area contributed by atoms with Gasteiger partial charge in [0.15, 0.2) is 0 Å². The van der Waals surface area contributed by atoms with Crippen molar-refractivity contribution in [1.82, 2.24) is 5.32 Å². The molecule has 1 fully saturated rings. The monoisotopic (exact) mass is 276 g/mol. The van der Waals surface area contributed by atoms with Gasteiger partial charge >= 0.3 is 0 Å². The van der Waals surface area contributed by atoms with Crippen molar-refractivity contribution in [2.45, 2.75) is 49.9 Å². The standard InChI is InChI=1S/C16H24N2S/c1-19-15-8-3-2-7-14(15)18-11-13-6-4-5-12-9-10-17-16(12)13/h4-6,14-15,17-18H,2-3,7-11H2,1H3. The molecule has 1 aromatic carbocycles. The smallest absolute Gasteiger partial charge is 0.0419 e. The summed E-state index contributed by atoms with van der Waals surface area (Å²) in [6.07, 6.45) is 8.95. The van der Waals surface area contributed by atoms with Gasteiger partial charge in [0.1, 0.15) is 0 Å². The number of rotatable bonds is 4. The minimum absolute atomic E-state index is 0.695. The predicted molar refractivity (Wildman–Crippen MR) is 85.0 cm³/mol. The molecule has 0 spiro atoms. The first-order chi connectivity index (χ1) is 9.38. The molecule has 19 heavy (non-hydrogen) atoms. The van der Waals surface area contributed by atoms with Gasteiger partial charge in [0, 0.05) is 30.1 Å². The van der Waals surface area contributed by atoms with Crippen molar-refractivity contribution in [3.8, 4) is 0 Å². The molecule has 1 aromatic rings. The number of hydrogen-bond donors (Lipinski definition) is 2. The van der Waals surface area contributed by atoms with Crippen molar-refractivity contribution in [3.63, 3.8) is 0 Å². The van der Waals surface area contributed by atoms with Gasteiger partial charge in [0.2, 0.25) is 0 Å². The van der Waals surface area contributed by atoms with Crippen LogP contribution in [0.4, 0.5) is 5.69 Å². The summed E-state index contributed by atoms with van der Waals surface area (Å²) in [5.41, 5.74) is 4.33. The lowest BCUT2D eigenvalue weighted by atomic mass is 9.94. The number of fused-ring (bicyclic) bond motifs is 1. The number of anilines is 1. The van der Waals surface area contributed by atoms with Crippen LogP contribution in [0.15, 0.2) is 18.2 Å². The Morgan fingerprint density at radius 3 is 3.11 bits per heavy atom. The average molecular weight is 276 g/mol. The van der Waals surface area contributed by atoms with E-state index in [1.165, 1.54) is 48.9 Å². The van der Waals surface area contributed by atoms with Crippen LogP contribution in [0, 0.1) is 0 Å². The summed E-state index contributed by atoms with van der Waals surface area (Å²) in [5.74, 6) is 0. The van der Waals surface area contributed by atoms with Crippen molar-refractivity contribution in [2.75, 3.05) is 18.1 Å². The fraction of sp³-hybridized carbons (Fsp3) is 0.625. The van der Waals surface area contributed by atoms with Crippen LogP contribution < -0.4 is 10.6 Å². The zero-order chi connectivity index (χ0) is 13.1. The Balaban J connectivity index is 1.64. The molecular weight excluding hydrogens is 252 g/mol. The Labute approximate surface area is 120 Å². The van der Waals surface area contributed by atoms with Crippen LogP contribution in [0.2, 0.25) is 0 Å². The lowest BCUT2D eigenvalue weighted by Crippen LogP contribution is -2.40. The third kappa shape index (κ3) is 2.92. The molecular formula is C16H24N2S. The van der Waals surface area contributed by atoms with E-state index in [0.717, 1.165) is 18.3 Å². The molecule has 1 saturated carbocycles. The molecule has 2 aliphatic rings. The maximum Gasteiger partial charge on any atom is 0.0419 e. The van der Waals surface area contributed by atoms with Gasteiger partial charge in [-0.1, -0.05) is 31.0 Å². The Morgan fingerprint density at radius 1 is 1.32 bits per heavy atom. The molecule has 2 unspecified atom stereocenters. The Morgan fingerprint density at radius 2 is 2.21 bits per heavy atom. The van der Waals surface area contributed by atoms with Gasteiger partial charge in [-0.25, -0.2) is 0 Å². The average Bonchev–Trinajstić information content (AvgIpc) is 2.94. The molecule has 2 nitrogen and oxygen atoms in total. The van der Waals surface area contributed by atoms with Gasteiger partial charge in [0.05, 0.1) is 0 Å². The van der Waals surface area contributed by atoms with Crippen molar-refractivity contribution in [2.24, 2.45) is 0 Å². The minimum Gasteiger partial charge on any atom is -0.384 e. The number of benzene rings is 1. The molecule has 0 aromatic heterocycles. The second-order valence-electron chi connectivity index (χ2n) is 5.67. The highest BCUT2D eigenvalue weighted by Gasteiger charge is 2.24. The zero-order valence-electron chi connectivity index (χ0n) is 11.7. The highest BCUT2D eigenvalue weighted by molar-refractivity contribution is 7.99. The normalized spacial score (nSPS) is 25.9. The Bertz CT molecular complexity index is 433. The van der Waals surface area contributed by atoms with Crippen molar-refractivity contribution in [3.05, 3.63) is 29.3 Å². The third-order valence-electron chi connectivity index (χ3n) is 4.49. The topological polar surface area (TPSA) is 24.1 Å². The quantitative estimate of drug-likeness (QED) is 0.881. The first-order valence-corrected chi connectivity index (χ1v) is 8.78. The molecule has 1 aliphatic carbocycles. The molecule has 0 bridgehead atoms. The van der Waals surface area contributed by atoms with Crippen molar-refractivity contribution in [1.29, 1.82) is 0 Å². The van der Waals surface area contributed by atoms with E-state index in [1.54, 1.807) is 0 Å². The van der Waals surface area contributed by atoms with Gasteiger partial charge < -0.3 is 10.6 Å². The van der Waals surface area contributed by atoms with Crippen molar-refractivity contribution >= 4 is 17.4 Å². The van der Waals surface area contributed by atoms with E-state index in [0.29, 0.717) is 6.04 Å². The van der Waals surface area contributed by atoms with Gasteiger partial charge in [-0.2, -0.15) is 11.8 Å². The second-order valence-corrected chi connectivity index (χ2v) is 6.75. The molecule has 1 heterocycles. The molecule has 1 aliphatic heterocycles. The molecule has 2 N–H and O–H groups in total. The third-order valence-corrected chi connectivity index (χ3v) is 5.66. The van der Waals surface area contributed by atoms with Crippen LogP contribution in [0.3, 0.4) is 0 Å². The summed E-state index contributed by atoms with van der Waals surface area (Å²) in [6.45, 7) is 2.11. The number of para-hydroxylation sites is 1. The largest absolute Gasteiger partial charge is 0.384 e. The van der Waals surface area contributed by atoms with Crippen LogP contribution in [0.25, 0.3) is 0 Å². The van der Waals surface area contributed by atoms with E-state index in [9.17, 15) is 0 Å². The maximum absolute atomic E-state index is 3.81. The highest BCUT2D eigenvalue weighted by Crippen LogP contribution is 2.29. The van der Waals surface area contributed by atoms with E-state index in [1.807, 2.05) is 11.8 Å². The van der Waals surface area contributed by atoms with Gasteiger partial charge in [-0.05, 0) is 36.6 Å².